The van der Waals surface area contributed by atoms with Crippen LogP contribution < -0.4 is 11.1 Å². The summed E-state index contributed by atoms with van der Waals surface area (Å²) in [6.45, 7) is 1.31. The number of carboxylic acid groups (broad SMARTS) is 1. The molecule has 0 saturated heterocycles. The fourth-order valence-electron chi connectivity index (χ4n) is 1.01. The van der Waals surface area contributed by atoms with E-state index in [4.69, 9.17) is 10.8 Å². The highest BCUT2D eigenvalue weighted by atomic mass is 19.1. The third-order valence-corrected chi connectivity index (χ3v) is 1.98. The Balaban J connectivity index is 2.81. The highest BCUT2D eigenvalue weighted by Gasteiger charge is 2.15. The molecule has 1 rings (SSSR count). The monoisotopic (exact) mass is 226 g/mol. The molecule has 0 aromatic heterocycles. The molecule has 0 spiro atoms. The molecular weight excluding hydrogens is 215 g/mol. The van der Waals surface area contributed by atoms with Crippen molar-refractivity contribution in [1.82, 2.24) is 5.32 Å². The van der Waals surface area contributed by atoms with Crippen LogP contribution in [0.1, 0.15) is 17.3 Å². The van der Waals surface area contributed by atoms with Gasteiger partial charge in [0.25, 0.3) is 5.91 Å². The van der Waals surface area contributed by atoms with Crippen LogP contribution in [0.15, 0.2) is 18.2 Å². The molecule has 0 heterocycles. The number of hydrogen-bond donors (Lipinski definition) is 3. The average Bonchev–Trinajstić information content (AvgIpc) is 2.21. The Kier molecular flexibility index (Phi) is 3.44. The summed E-state index contributed by atoms with van der Waals surface area (Å²) in [5, 5.41) is 10.8. The molecule has 16 heavy (non-hydrogen) atoms. The fraction of sp³-hybridized carbons (Fsp3) is 0.200. The first-order valence-corrected chi connectivity index (χ1v) is 4.50. The zero-order chi connectivity index (χ0) is 12.3. The van der Waals surface area contributed by atoms with E-state index >= 15 is 0 Å². The van der Waals surface area contributed by atoms with Crippen molar-refractivity contribution in [2.24, 2.45) is 0 Å². The zero-order valence-corrected chi connectivity index (χ0v) is 8.53. The molecule has 4 N–H and O–H groups in total. The first-order valence-electron chi connectivity index (χ1n) is 4.50. The largest absolute Gasteiger partial charge is 0.480 e. The Bertz CT molecular complexity index is 434. The number of rotatable bonds is 3. The van der Waals surface area contributed by atoms with E-state index in [0.717, 1.165) is 6.07 Å². The number of nitrogens with two attached hydrogens (primary N) is 1. The van der Waals surface area contributed by atoms with Gasteiger partial charge in [0, 0.05) is 5.56 Å². The molecule has 1 amide bonds. The molecule has 0 unspecified atom stereocenters. The summed E-state index contributed by atoms with van der Waals surface area (Å²) in [5.41, 5.74) is 5.20. The van der Waals surface area contributed by atoms with Crippen molar-refractivity contribution in [1.29, 1.82) is 0 Å². The Hall–Kier alpha value is -2.11. The second-order valence-electron chi connectivity index (χ2n) is 3.27. The lowest BCUT2D eigenvalue weighted by Gasteiger charge is -2.09. The summed E-state index contributed by atoms with van der Waals surface area (Å²) in [5.74, 6) is -2.53. The molecule has 0 aliphatic heterocycles. The van der Waals surface area contributed by atoms with Gasteiger partial charge in [-0.3, -0.25) is 9.59 Å². The van der Waals surface area contributed by atoms with Crippen molar-refractivity contribution in [3.8, 4) is 0 Å². The summed E-state index contributed by atoms with van der Waals surface area (Å²) < 4.78 is 13.0. The van der Waals surface area contributed by atoms with Crippen LogP contribution in [-0.4, -0.2) is 23.0 Å². The number of carboxylic acids is 1. The van der Waals surface area contributed by atoms with E-state index in [1.165, 1.54) is 19.1 Å². The van der Waals surface area contributed by atoms with Gasteiger partial charge in [-0.1, -0.05) is 0 Å². The molecular formula is C10H11FN2O3. The van der Waals surface area contributed by atoms with Gasteiger partial charge in [-0.15, -0.1) is 0 Å². The van der Waals surface area contributed by atoms with Crippen LogP contribution in [-0.2, 0) is 4.79 Å². The van der Waals surface area contributed by atoms with E-state index in [2.05, 4.69) is 5.32 Å². The summed E-state index contributed by atoms with van der Waals surface area (Å²) >= 11 is 0. The minimum atomic E-state index is -1.16. The van der Waals surface area contributed by atoms with E-state index in [9.17, 15) is 14.0 Å². The predicted octanol–water partition coefficient (Wildman–Crippen LogP) is 0.611. The van der Waals surface area contributed by atoms with Gasteiger partial charge < -0.3 is 16.2 Å². The molecule has 1 aromatic carbocycles. The highest BCUT2D eigenvalue weighted by molar-refractivity contribution is 5.96. The number of carbonyl (C=O) groups is 2. The van der Waals surface area contributed by atoms with Gasteiger partial charge in [-0.2, -0.15) is 0 Å². The summed E-state index contributed by atoms with van der Waals surface area (Å²) in [7, 11) is 0. The normalized spacial score (nSPS) is 11.9. The molecule has 86 valence electrons. The van der Waals surface area contributed by atoms with Gasteiger partial charge in [0.1, 0.15) is 11.9 Å². The Morgan fingerprint density at radius 1 is 1.50 bits per heavy atom. The molecule has 0 aliphatic rings. The summed E-state index contributed by atoms with van der Waals surface area (Å²) in [6.07, 6.45) is 0. The molecule has 0 radical (unpaired) electrons. The van der Waals surface area contributed by atoms with Gasteiger partial charge >= 0.3 is 5.97 Å². The molecule has 1 atom stereocenters. The second-order valence-corrected chi connectivity index (χ2v) is 3.27. The quantitative estimate of drug-likeness (QED) is 0.658. The fourth-order valence-corrected chi connectivity index (χ4v) is 1.01. The van der Waals surface area contributed by atoms with Crippen LogP contribution in [0.25, 0.3) is 0 Å². The van der Waals surface area contributed by atoms with Crippen molar-refractivity contribution >= 4 is 17.6 Å². The van der Waals surface area contributed by atoms with Crippen molar-refractivity contribution in [2.45, 2.75) is 13.0 Å². The van der Waals surface area contributed by atoms with E-state index in [1.54, 1.807) is 0 Å². The first-order chi connectivity index (χ1) is 7.41. The molecule has 0 bridgehead atoms. The van der Waals surface area contributed by atoms with E-state index in [0.29, 0.717) is 0 Å². The number of hydrogen-bond acceptors (Lipinski definition) is 3. The van der Waals surface area contributed by atoms with E-state index in [-0.39, 0.29) is 11.3 Å². The third-order valence-electron chi connectivity index (χ3n) is 1.98. The SMILES string of the molecule is C[C@H](NC(=O)c1ccc(N)c(F)c1)C(=O)O. The van der Waals surface area contributed by atoms with Crippen molar-refractivity contribution in [3.05, 3.63) is 29.6 Å². The predicted molar refractivity (Wildman–Crippen MR) is 55.4 cm³/mol. The molecule has 1 aromatic rings. The van der Waals surface area contributed by atoms with Crippen LogP contribution in [0, 0.1) is 5.82 Å². The number of amides is 1. The van der Waals surface area contributed by atoms with Crippen molar-refractivity contribution < 1.29 is 19.1 Å². The molecule has 0 fully saturated rings. The summed E-state index contributed by atoms with van der Waals surface area (Å²) in [4.78, 5) is 21.9. The minimum Gasteiger partial charge on any atom is -0.480 e. The van der Waals surface area contributed by atoms with E-state index < -0.39 is 23.7 Å². The van der Waals surface area contributed by atoms with Gasteiger partial charge in [-0.05, 0) is 25.1 Å². The smallest absolute Gasteiger partial charge is 0.325 e. The molecule has 0 saturated carbocycles. The Labute approximate surface area is 91.1 Å². The molecule has 5 nitrogen and oxygen atoms in total. The number of carbonyl (C=O) groups excluding carboxylic acids is 1. The van der Waals surface area contributed by atoms with Crippen LogP contribution >= 0.6 is 0 Å². The van der Waals surface area contributed by atoms with Crippen LogP contribution in [0.5, 0.6) is 0 Å². The number of halogens is 1. The maximum atomic E-state index is 13.0. The third kappa shape index (κ3) is 2.69. The Morgan fingerprint density at radius 2 is 2.12 bits per heavy atom. The number of nitrogens with one attached hydrogen (secondary N) is 1. The van der Waals surface area contributed by atoms with Crippen LogP contribution in [0.3, 0.4) is 0 Å². The van der Waals surface area contributed by atoms with Gasteiger partial charge in [0.15, 0.2) is 0 Å². The lowest BCUT2D eigenvalue weighted by atomic mass is 10.1. The number of anilines is 1. The van der Waals surface area contributed by atoms with E-state index in [1.807, 2.05) is 0 Å². The zero-order valence-electron chi connectivity index (χ0n) is 8.53. The maximum absolute atomic E-state index is 13.0. The average molecular weight is 226 g/mol. The summed E-state index contributed by atoms with van der Waals surface area (Å²) in [6, 6.07) is 2.49. The standard InChI is InChI=1S/C10H11FN2O3/c1-5(10(15)16)13-9(14)6-2-3-8(12)7(11)4-6/h2-5H,12H2,1H3,(H,13,14)(H,15,16)/t5-/m0/s1. The lowest BCUT2D eigenvalue weighted by Crippen LogP contribution is -2.38. The first kappa shape index (κ1) is 12.0. The lowest BCUT2D eigenvalue weighted by molar-refractivity contribution is -0.138. The maximum Gasteiger partial charge on any atom is 0.325 e. The van der Waals surface area contributed by atoms with Gasteiger partial charge in [-0.25, -0.2) is 4.39 Å². The minimum absolute atomic E-state index is 0.0276. The Morgan fingerprint density at radius 3 is 2.62 bits per heavy atom. The molecule has 0 aliphatic carbocycles. The van der Waals surface area contributed by atoms with Gasteiger partial charge in [0.2, 0.25) is 0 Å². The van der Waals surface area contributed by atoms with Crippen molar-refractivity contribution in [2.75, 3.05) is 5.73 Å². The number of nitrogen functional groups attached to an aromatic ring is 1. The number of benzene rings is 1. The van der Waals surface area contributed by atoms with Crippen LogP contribution in [0.2, 0.25) is 0 Å². The topological polar surface area (TPSA) is 92.4 Å². The van der Waals surface area contributed by atoms with Crippen LogP contribution in [0.4, 0.5) is 10.1 Å². The highest BCUT2D eigenvalue weighted by Crippen LogP contribution is 2.11. The van der Waals surface area contributed by atoms with Crippen molar-refractivity contribution in [3.63, 3.8) is 0 Å². The van der Waals surface area contributed by atoms with Gasteiger partial charge in [0.05, 0.1) is 5.69 Å². The number of aliphatic carboxylic acids is 1. The molecule has 6 heteroatoms. The second kappa shape index (κ2) is 4.61.